The maximum atomic E-state index is 12.6. The zero-order chi connectivity index (χ0) is 23.2. The largest absolute Gasteiger partial charge is 0.550 e. The Kier molecular flexibility index (Phi) is 21.0. The number of unbranched alkanes of at least 4 members (excludes halogenated alkanes) is 15. The zero-order valence-corrected chi connectivity index (χ0v) is 22.0. The van der Waals surface area contributed by atoms with E-state index in [1.165, 1.54) is 103 Å². The Morgan fingerprint density at radius 2 is 0.935 bits per heavy atom. The number of rotatable bonds is 24. The first-order valence-corrected chi connectivity index (χ1v) is 14.3. The minimum absolute atomic E-state index is 0.287. The second-order valence-electron chi connectivity index (χ2n) is 10.1. The van der Waals surface area contributed by atoms with Gasteiger partial charge in [0.15, 0.2) is 0 Å². The molecule has 2 heteroatoms. The summed E-state index contributed by atoms with van der Waals surface area (Å²) in [4.78, 5) is 12.6. The molecular weight excluding hydrogens is 380 g/mol. The number of carboxylic acids is 1. The summed E-state index contributed by atoms with van der Waals surface area (Å²) in [7, 11) is 0. The molecule has 0 saturated heterocycles. The molecule has 0 amide bonds. The van der Waals surface area contributed by atoms with Crippen molar-refractivity contribution in [1.29, 1.82) is 0 Å². The van der Waals surface area contributed by atoms with Crippen molar-refractivity contribution in [2.24, 2.45) is 11.3 Å². The first-order valence-electron chi connectivity index (χ1n) is 14.3. The molecule has 31 heavy (non-hydrogen) atoms. The van der Waals surface area contributed by atoms with Crippen LogP contribution in [0.3, 0.4) is 0 Å². The number of aliphatic carboxylic acids is 1. The van der Waals surface area contributed by atoms with Crippen LogP contribution in [0, 0.1) is 11.3 Å². The molecular formula is C29H57O2-. The highest BCUT2D eigenvalue weighted by atomic mass is 16.4. The normalized spacial score (nSPS) is 12.9. The third-order valence-corrected chi connectivity index (χ3v) is 7.54. The SMILES string of the molecule is CCCCCCCCC(CC)C(CCCCCCCC)(CCCCCCCC)C(=O)[O-]. The number of hydrogen-bond donors (Lipinski definition) is 0. The molecule has 0 aromatic carbocycles. The molecule has 0 aromatic rings. The standard InChI is InChI=1S/C29H58O2/c1-5-9-12-15-18-21-24-27(8-4)29(28(30)31,25-22-19-16-13-10-6-2)26-23-20-17-14-11-7-3/h27H,5-26H2,1-4H3,(H,30,31)/p-1. The maximum absolute atomic E-state index is 12.6. The lowest BCUT2D eigenvalue weighted by molar-refractivity contribution is -0.323. The summed E-state index contributed by atoms with van der Waals surface area (Å²) in [6.45, 7) is 8.96. The highest BCUT2D eigenvalue weighted by molar-refractivity contribution is 5.72. The van der Waals surface area contributed by atoms with Gasteiger partial charge in [-0.2, -0.15) is 0 Å². The number of carbonyl (C=O) groups is 1. The molecule has 1 unspecified atom stereocenters. The molecule has 0 bridgehead atoms. The van der Waals surface area contributed by atoms with E-state index in [-0.39, 0.29) is 5.92 Å². The molecule has 0 aliphatic heterocycles. The third kappa shape index (κ3) is 14.3. The van der Waals surface area contributed by atoms with Gasteiger partial charge in [-0.05, 0) is 25.2 Å². The van der Waals surface area contributed by atoms with E-state index in [2.05, 4.69) is 27.7 Å². The molecule has 186 valence electrons. The predicted octanol–water partition coefficient (Wildman–Crippen LogP) is 9.00. The lowest BCUT2D eigenvalue weighted by Crippen LogP contribution is -2.47. The van der Waals surface area contributed by atoms with Gasteiger partial charge in [0.1, 0.15) is 0 Å². The average Bonchev–Trinajstić information content (AvgIpc) is 2.76. The van der Waals surface area contributed by atoms with E-state index in [9.17, 15) is 9.90 Å². The van der Waals surface area contributed by atoms with Crippen molar-refractivity contribution in [3.05, 3.63) is 0 Å². The summed E-state index contributed by atoms with van der Waals surface area (Å²) >= 11 is 0. The molecule has 0 spiro atoms. The van der Waals surface area contributed by atoms with Gasteiger partial charge in [0.2, 0.25) is 0 Å². The first kappa shape index (κ1) is 30.5. The summed E-state index contributed by atoms with van der Waals surface area (Å²) in [5.41, 5.74) is -0.590. The molecule has 0 fully saturated rings. The van der Waals surface area contributed by atoms with Crippen LogP contribution < -0.4 is 5.11 Å². The molecule has 0 aromatic heterocycles. The second-order valence-corrected chi connectivity index (χ2v) is 10.1. The fourth-order valence-corrected chi connectivity index (χ4v) is 5.39. The van der Waals surface area contributed by atoms with Crippen LogP contribution in [0.15, 0.2) is 0 Å². The van der Waals surface area contributed by atoms with Crippen LogP contribution in [-0.4, -0.2) is 5.97 Å². The van der Waals surface area contributed by atoms with Crippen molar-refractivity contribution in [2.75, 3.05) is 0 Å². The lowest BCUT2D eigenvalue weighted by Gasteiger charge is -2.42. The Balaban J connectivity index is 4.89. The Morgan fingerprint density at radius 3 is 1.29 bits per heavy atom. The van der Waals surface area contributed by atoms with E-state index in [0.29, 0.717) is 0 Å². The van der Waals surface area contributed by atoms with Crippen LogP contribution in [0.25, 0.3) is 0 Å². The molecule has 2 nitrogen and oxygen atoms in total. The smallest absolute Gasteiger partial charge is 0.0478 e. The van der Waals surface area contributed by atoms with Crippen LogP contribution in [0.2, 0.25) is 0 Å². The third-order valence-electron chi connectivity index (χ3n) is 7.54. The van der Waals surface area contributed by atoms with E-state index >= 15 is 0 Å². The van der Waals surface area contributed by atoms with Crippen molar-refractivity contribution in [1.82, 2.24) is 0 Å². The lowest BCUT2D eigenvalue weighted by atomic mass is 9.65. The molecule has 1 atom stereocenters. The Morgan fingerprint density at radius 1 is 0.581 bits per heavy atom. The molecule has 0 aliphatic carbocycles. The van der Waals surface area contributed by atoms with Crippen LogP contribution in [-0.2, 0) is 4.79 Å². The molecule has 0 heterocycles. The Bertz CT molecular complexity index is 374. The highest BCUT2D eigenvalue weighted by Crippen LogP contribution is 2.43. The number of hydrogen-bond acceptors (Lipinski definition) is 2. The van der Waals surface area contributed by atoms with Crippen LogP contribution in [0.4, 0.5) is 0 Å². The highest BCUT2D eigenvalue weighted by Gasteiger charge is 2.37. The fraction of sp³-hybridized carbons (Fsp3) is 0.966. The van der Waals surface area contributed by atoms with Crippen LogP contribution in [0.5, 0.6) is 0 Å². The molecule has 0 saturated carbocycles. The quantitative estimate of drug-likeness (QED) is 0.141. The van der Waals surface area contributed by atoms with Crippen molar-refractivity contribution < 1.29 is 9.90 Å². The van der Waals surface area contributed by atoms with Gasteiger partial charge in [-0.3, -0.25) is 0 Å². The molecule has 0 N–H and O–H groups in total. The van der Waals surface area contributed by atoms with Crippen molar-refractivity contribution in [3.63, 3.8) is 0 Å². The van der Waals surface area contributed by atoms with Gasteiger partial charge in [-0.1, -0.05) is 150 Å². The van der Waals surface area contributed by atoms with Crippen molar-refractivity contribution >= 4 is 5.97 Å². The zero-order valence-electron chi connectivity index (χ0n) is 22.0. The maximum Gasteiger partial charge on any atom is 0.0478 e. The molecule has 0 radical (unpaired) electrons. The van der Waals surface area contributed by atoms with Gasteiger partial charge in [0, 0.05) is 11.4 Å². The van der Waals surface area contributed by atoms with Crippen molar-refractivity contribution in [3.8, 4) is 0 Å². The summed E-state index contributed by atoms with van der Waals surface area (Å²) < 4.78 is 0. The van der Waals surface area contributed by atoms with Crippen LogP contribution >= 0.6 is 0 Å². The van der Waals surface area contributed by atoms with Crippen molar-refractivity contribution in [2.45, 2.75) is 169 Å². The van der Waals surface area contributed by atoms with Gasteiger partial charge >= 0.3 is 0 Å². The van der Waals surface area contributed by atoms with Gasteiger partial charge in [-0.25, -0.2) is 0 Å². The number of carboxylic acid groups (broad SMARTS) is 1. The Labute approximate surface area is 196 Å². The predicted molar refractivity (Wildman–Crippen MR) is 135 cm³/mol. The fourth-order valence-electron chi connectivity index (χ4n) is 5.39. The van der Waals surface area contributed by atoms with Gasteiger partial charge in [0.05, 0.1) is 0 Å². The van der Waals surface area contributed by atoms with Crippen LogP contribution in [0.1, 0.15) is 169 Å². The summed E-state index contributed by atoms with van der Waals surface area (Å²) in [6.07, 6.45) is 26.1. The van der Waals surface area contributed by atoms with Gasteiger partial charge in [-0.15, -0.1) is 0 Å². The van der Waals surface area contributed by atoms with E-state index in [4.69, 9.17) is 0 Å². The topological polar surface area (TPSA) is 40.1 Å². The second kappa shape index (κ2) is 21.3. The summed E-state index contributed by atoms with van der Waals surface area (Å²) in [5, 5.41) is 12.6. The molecule has 0 rings (SSSR count). The van der Waals surface area contributed by atoms with Gasteiger partial charge < -0.3 is 9.90 Å². The molecule has 0 aliphatic rings. The first-order chi connectivity index (χ1) is 15.1. The summed E-state index contributed by atoms with van der Waals surface area (Å²) in [5.74, 6) is -0.456. The van der Waals surface area contributed by atoms with Gasteiger partial charge in [0.25, 0.3) is 0 Å². The monoisotopic (exact) mass is 437 g/mol. The summed E-state index contributed by atoms with van der Waals surface area (Å²) in [6, 6.07) is 0. The average molecular weight is 438 g/mol. The minimum Gasteiger partial charge on any atom is -0.550 e. The van der Waals surface area contributed by atoms with E-state index < -0.39 is 11.4 Å². The minimum atomic E-state index is -0.743. The van der Waals surface area contributed by atoms with E-state index in [1.54, 1.807) is 0 Å². The number of carbonyl (C=O) groups excluding carboxylic acids is 1. The Hall–Kier alpha value is -0.530. The van der Waals surface area contributed by atoms with E-state index in [1.807, 2.05) is 0 Å². The van der Waals surface area contributed by atoms with E-state index in [0.717, 1.165) is 38.5 Å².